The van der Waals surface area contributed by atoms with E-state index in [-0.39, 0.29) is 11.9 Å². The molecule has 1 rings (SSSR count). The molecular weight excluding hydrogens is 249 g/mol. The summed E-state index contributed by atoms with van der Waals surface area (Å²) in [6.45, 7) is 0.668. The lowest BCUT2D eigenvalue weighted by molar-refractivity contribution is -0.137. The molecule has 1 unspecified atom stereocenters. The van der Waals surface area contributed by atoms with Gasteiger partial charge in [0.05, 0.1) is 18.3 Å². The lowest BCUT2D eigenvalue weighted by Gasteiger charge is -2.16. The fourth-order valence-electron chi connectivity index (χ4n) is 1.32. The van der Waals surface area contributed by atoms with Gasteiger partial charge in [-0.2, -0.15) is 13.2 Å². The Balaban J connectivity index is 2.62. The second-order valence-electron chi connectivity index (χ2n) is 3.62. The maximum atomic E-state index is 12.5. The first-order valence-electron chi connectivity index (χ1n) is 5.26. The number of anilines is 1. The topological polar surface area (TPSA) is 43.4 Å². The molecule has 0 radical (unpaired) electrons. The van der Waals surface area contributed by atoms with Crippen molar-refractivity contribution >= 4 is 5.82 Å². The van der Waals surface area contributed by atoms with Gasteiger partial charge in [-0.15, -0.1) is 0 Å². The summed E-state index contributed by atoms with van der Waals surface area (Å²) in [4.78, 5) is 3.81. The van der Waals surface area contributed by atoms with Crippen LogP contribution in [0.25, 0.3) is 0 Å². The van der Waals surface area contributed by atoms with E-state index in [0.717, 1.165) is 18.3 Å². The fraction of sp³-hybridized carbons (Fsp3) is 0.545. The number of ether oxygens (including phenoxy) is 2. The lowest BCUT2D eigenvalue weighted by Crippen LogP contribution is -2.27. The highest BCUT2D eigenvalue weighted by atomic mass is 19.4. The van der Waals surface area contributed by atoms with Gasteiger partial charge < -0.3 is 14.8 Å². The quantitative estimate of drug-likeness (QED) is 0.855. The van der Waals surface area contributed by atoms with Crippen LogP contribution in [0.2, 0.25) is 0 Å². The summed E-state index contributed by atoms with van der Waals surface area (Å²) in [7, 11) is 3.03. The average molecular weight is 264 g/mol. The standard InChI is InChI=1S/C11H15F3N2O2/c1-17-7-9(18-2)6-16-10-5-8(3-4-15-10)11(12,13)14/h3-5,9H,6-7H2,1-2H3,(H,15,16). The average Bonchev–Trinajstić information content (AvgIpc) is 2.34. The number of rotatable bonds is 6. The number of methoxy groups -OCH3 is 2. The number of pyridine rings is 1. The Kier molecular flexibility index (Phi) is 5.36. The molecule has 0 fully saturated rings. The van der Waals surface area contributed by atoms with Gasteiger partial charge in [0, 0.05) is 27.0 Å². The van der Waals surface area contributed by atoms with Crippen LogP contribution in [0.3, 0.4) is 0 Å². The SMILES string of the molecule is COCC(CNc1cc(C(F)(F)F)ccn1)OC. The largest absolute Gasteiger partial charge is 0.416 e. The van der Waals surface area contributed by atoms with E-state index in [1.54, 1.807) is 0 Å². The summed E-state index contributed by atoms with van der Waals surface area (Å²) in [5.41, 5.74) is -0.735. The molecular formula is C11H15F3N2O2. The summed E-state index contributed by atoms with van der Waals surface area (Å²) in [6.07, 6.45) is -3.50. The van der Waals surface area contributed by atoms with E-state index in [2.05, 4.69) is 10.3 Å². The monoisotopic (exact) mass is 264 g/mol. The van der Waals surface area contributed by atoms with Gasteiger partial charge in [0.25, 0.3) is 0 Å². The van der Waals surface area contributed by atoms with Gasteiger partial charge in [0.2, 0.25) is 0 Å². The van der Waals surface area contributed by atoms with Gasteiger partial charge in [0.1, 0.15) is 5.82 Å². The van der Waals surface area contributed by atoms with E-state index in [1.165, 1.54) is 14.2 Å². The zero-order valence-corrected chi connectivity index (χ0v) is 10.1. The predicted molar refractivity (Wildman–Crippen MR) is 60.4 cm³/mol. The first-order valence-corrected chi connectivity index (χ1v) is 5.26. The molecule has 0 saturated carbocycles. The van der Waals surface area contributed by atoms with Crippen molar-refractivity contribution < 1.29 is 22.6 Å². The molecule has 102 valence electrons. The van der Waals surface area contributed by atoms with E-state index in [1.807, 2.05) is 0 Å². The summed E-state index contributed by atoms with van der Waals surface area (Å²) < 4.78 is 47.3. The third kappa shape index (κ3) is 4.50. The van der Waals surface area contributed by atoms with Gasteiger partial charge in [-0.1, -0.05) is 0 Å². The van der Waals surface area contributed by atoms with E-state index in [0.29, 0.717) is 13.2 Å². The fourth-order valence-corrected chi connectivity index (χ4v) is 1.32. The van der Waals surface area contributed by atoms with Gasteiger partial charge in [-0.3, -0.25) is 0 Å². The molecule has 4 nitrogen and oxygen atoms in total. The molecule has 0 amide bonds. The lowest BCUT2D eigenvalue weighted by atomic mass is 10.2. The third-order valence-corrected chi connectivity index (χ3v) is 2.28. The molecule has 18 heavy (non-hydrogen) atoms. The summed E-state index contributed by atoms with van der Waals surface area (Å²) in [5.74, 6) is 0.156. The van der Waals surface area contributed by atoms with Crippen molar-refractivity contribution in [3.05, 3.63) is 23.9 Å². The van der Waals surface area contributed by atoms with Crippen LogP contribution in [0, 0.1) is 0 Å². The van der Waals surface area contributed by atoms with Crippen molar-refractivity contribution in [3.8, 4) is 0 Å². The number of hydrogen-bond donors (Lipinski definition) is 1. The molecule has 0 bridgehead atoms. The van der Waals surface area contributed by atoms with Crippen LogP contribution in [0.4, 0.5) is 19.0 Å². The van der Waals surface area contributed by atoms with Crippen LogP contribution in [0.1, 0.15) is 5.56 Å². The van der Waals surface area contributed by atoms with Crippen molar-refractivity contribution in [1.82, 2.24) is 4.98 Å². The third-order valence-electron chi connectivity index (χ3n) is 2.28. The number of nitrogens with zero attached hydrogens (tertiary/aromatic N) is 1. The van der Waals surface area contributed by atoms with E-state index in [9.17, 15) is 13.2 Å². The summed E-state index contributed by atoms with van der Waals surface area (Å²) in [5, 5.41) is 2.78. The van der Waals surface area contributed by atoms with Crippen molar-refractivity contribution in [3.63, 3.8) is 0 Å². The second kappa shape index (κ2) is 6.55. The normalized spacial score (nSPS) is 13.4. The number of aromatic nitrogens is 1. The van der Waals surface area contributed by atoms with Crippen LogP contribution in [-0.2, 0) is 15.7 Å². The Bertz CT molecular complexity index is 372. The zero-order chi connectivity index (χ0) is 13.6. The number of halogens is 3. The van der Waals surface area contributed by atoms with Crippen molar-refractivity contribution in [2.24, 2.45) is 0 Å². The molecule has 0 saturated heterocycles. The van der Waals surface area contributed by atoms with Crippen LogP contribution >= 0.6 is 0 Å². The Labute approximate surface area is 103 Å². The number of hydrogen-bond acceptors (Lipinski definition) is 4. The van der Waals surface area contributed by atoms with Crippen molar-refractivity contribution in [2.75, 3.05) is 32.7 Å². The summed E-state index contributed by atoms with van der Waals surface area (Å²) >= 11 is 0. The van der Waals surface area contributed by atoms with Gasteiger partial charge in [-0.05, 0) is 12.1 Å². The van der Waals surface area contributed by atoms with E-state index >= 15 is 0 Å². The van der Waals surface area contributed by atoms with E-state index in [4.69, 9.17) is 9.47 Å². The summed E-state index contributed by atoms with van der Waals surface area (Å²) in [6, 6.07) is 1.88. The number of alkyl halides is 3. The molecule has 1 N–H and O–H groups in total. The maximum absolute atomic E-state index is 12.5. The Morgan fingerprint density at radius 1 is 1.39 bits per heavy atom. The van der Waals surface area contributed by atoms with Gasteiger partial charge in [0.15, 0.2) is 0 Å². The minimum Gasteiger partial charge on any atom is -0.382 e. The Morgan fingerprint density at radius 2 is 2.11 bits per heavy atom. The molecule has 0 aliphatic heterocycles. The highest BCUT2D eigenvalue weighted by Gasteiger charge is 2.30. The molecule has 1 heterocycles. The molecule has 0 aromatic carbocycles. The Hall–Kier alpha value is -1.34. The number of nitrogens with one attached hydrogen (secondary N) is 1. The van der Waals surface area contributed by atoms with Crippen LogP contribution in [0.5, 0.6) is 0 Å². The minimum atomic E-state index is -4.37. The molecule has 0 aliphatic carbocycles. The molecule has 1 aromatic heterocycles. The van der Waals surface area contributed by atoms with Gasteiger partial charge >= 0.3 is 6.18 Å². The van der Waals surface area contributed by atoms with E-state index < -0.39 is 11.7 Å². The molecule has 0 spiro atoms. The molecule has 0 aliphatic rings. The predicted octanol–water partition coefficient (Wildman–Crippen LogP) is 2.17. The first kappa shape index (κ1) is 14.7. The second-order valence-corrected chi connectivity index (χ2v) is 3.62. The van der Waals surface area contributed by atoms with Crippen LogP contribution in [-0.4, -0.2) is 38.5 Å². The van der Waals surface area contributed by atoms with Gasteiger partial charge in [-0.25, -0.2) is 4.98 Å². The minimum absolute atomic E-state index is 0.156. The molecule has 7 heteroatoms. The highest BCUT2D eigenvalue weighted by molar-refractivity contribution is 5.38. The highest BCUT2D eigenvalue weighted by Crippen LogP contribution is 2.29. The van der Waals surface area contributed by atoms with Crippen LogP contribution in [0.15, 0.2) is 18.3 Å². The van der Waals surface area contributed by atoms with Crippen molar-refractivity contribution in [1.29, 1.82) is 0 Å². The van der Waals surface area contributed by atoms with Crippen LogP contribution < -0.4 is 5.32 Å². The first-order chi connectivity index (χ1) is 8.47. The Morgan fingerprint density at radius 3 is 2.67 bits per heavy atom. The molecule has 1 aromatic rings. The molecule has 1 atom stereocenters. The smallest absolute Gasteiger partial charge is 0.382 e. The van der Waals surface area contributed by atoms with Crippen molar-refractivity contribution in [2.45, 2.75) is 12.3 Å². The maximum Gasteiger partial charge on any atom is 0.416 e. The zero-order valence-electron chi connectivity index (χ0n) is 10.1.